The van der Waals surface area contributed by atoms with E-state index in [0.29, 0.717) is 0 Å². The Labute approximate surface area is 137 Å². The molecular formula is C13H12F3N3O6. The highest BCUT2D eigenvalue weighted by molar-refractivity contribution is 5.86. The molecule has 1 aromatic rings. The molecule has 0 aliphatic carbocycles. The fraction of sp³-hybridized carbons (Fsp3) is 0.385. The summed E-state index contributed by atoms with van der Waals surface area (Å²) >= 11 is 0. The Kier molecular flexibility index (Phi) is 4.34. The predicted molar refractivity (Wildman–Crippen MR) is 74.3 cm³/mol. The van der Waals surface area contributed by atoms with Crippen molar-refractivity contribution >= 4 is 17.5 Å². The lowest BCUT2D eigenvalue weighted by Gasteiger charge is -2.44. The lowest BCUT2D eigenvalue weighted by molar-refractivity contribution is -0.385. The number of alkyl halides is 3. The lowest BCUT2D eigenvalue weighted by Crippen LogP contribution is -2.72. The van der Waals surface area contributed by atoms with Gasteiger partial charge in [-0.25, -0.2) is 4.79 Å². The third-order valence-electron chi connectivity index (χ3n) is 3.80. The fourth-order valence-electron chi connectivity index (χ4n) is 2.69. The quantitative estimate of drug-likeness (QED) is 0.468. The van der Waals surface area contributed by atoms with E-state index in [9.17, 15) is 43.1 Å². The second-order valence-corrected chi connectivity index (χ2v) is 5.43. The van der Waals surface area contributed by atoms with Crippen LogP contribution in [0.15, 0.2) is 18.2 Å². The molecule has 136 valence electrons. The van der Waals surface area contributed by atoms with Gasteiger partial charge in [0.1, 0.15) is 11.5 Å². The first-order chi connectivity index (χ1) is 11.4. The molecule has 2 amide bonds. The van der Waals surface area contributed by atoms with Crippen molar-refractivity contribution in [2.75, 3.05) is 0 Å². The summed E-state index contributed by atoms with van der Waals surface area (Å²) in [4.78, 5) is 33.4. The Hall–Kier alpha value is -2.89. The highest BCUT2D eigenvalue weighted by atomic mass is 19.4. The molecule has 9 nitrogen and oxygen atoms in total. The number of ketones is 1. The van der Waals surface area contributed by atoms with Crippen LogP contribution in [0.1, 0.15) is 18.5 Å². The largest absolute Gasteiger partial charge is 0.508 e. The summed E-state index contributed by atoms with van der Waals surface area (Å²) < 4.78 is 39.9. The molecule has 4 N–H and O–H groups in total. The molecule has 1 saturated heterocycles. The van der Waals surface area contributed by atoms with E-state index in [1.807, 2.05) is 5.32 Å². The van der Waals surface area contributed by atoms with Crippen molar-refractivity contribution < 1.29 is 37.9 Å². The smallest absolute Gasteiger partial charge is 0.437 e. The number of nitro groups is 1. The minimum atomic E-state index is -5.42. The molecule has 0 radical (unpaired) electrons. The first kappa shape index (κ1) is 18.4. The summed E-state index contributed by atoms with van der Waals surface area (Å²) in [5.41, 5.74) is -5.01. The van der Waals surface area contributed by atoms with E-state index in [1.54, 1.807) is 0 Å². The number of benzene rings is 1. The van der Waals surface area contributed by atoms with E-state index >= 15 is 0 Å². The summed E-state index contributed by atoms with van der Waals surface area (Å²) in [7, 11) is 0. The van der Waals surface area contributed by atoms with Gasteiger partial charge in [0.05, 0.1) is 16.9 Å². The highest BCUT2D eigenvalue weighted by Gasteiger charge is 2.65. The molecule has 12 heteroatoms. The van der Waals surface area contributed by atoms with E-state index in [-0.39, 0.29) is 0 Å². The number of non-ortho nitro benzene ring substituents is 1. The third-order valence-corrected chi connectivity index (χ3v) is 3.80. The molecule has 0 saturated carbocycles. The first-order valence-electron chi connectivity index (χ1n) is 6.74. The van der Waals surface area contributed by atoms with Gasteiger partial charge in [-0.2, -0.15) is 13.2 Å². The normalized spacial score (nSPS) is 26.5. The molecule has 1 heterocycles. The summed E-state index contributed by atoms with van der Waals surface area (Å²) in [5.74, 6) is -4.14. The Balaban J connectivity index is 2.66. The molecule has 1 aliphatic rings. The van der Waals surface area contributed by atoms with Crippen LogP contribution in [0.5, 0.6) is 5.75 Å². The number of phenolic OH excluding ortho intramolecular Hbond substituents is 1. The highest BCUT2D eigenvalue weighted by Crippen LogP contribution is 2.44. The number of rotatable bonds is 3. The molecule has 3 atom stereocenters. The number of hydrogen-bond acceptors (Lipinski definition) is 6. The summed E-state index contributed by atoms with van der Waals surface area (Å²) in [5, 5.41) is 33.9. The first-order valence-corrected chi connectivity index (χ1v) is 6.74. The number of nitrogens with one attached hydrogen (secondary N) is 2. The van der Waals surface area contributed by atoms with E-state index < -0.39 is 57.6 Å². The number of aromatic hydroxyl groups is 1. The topological polar surface area (TPSA) is 142 Å². The number of carbonyl (C=O) groups excluding carboxylic acids is 2. The number of nitrogens with zero attached hydrogens (tertiary/aromatic N) is 1. The van der Waals surface area contributed by atoms with E-state index in [0.717, 1.165) is 25.1 Å². The lowest BCUT2D eigenvalue weighted by atomic mass is 9.79. The van der Waals surface area contributed by atoms with Gasteiger partial charge in [-0.3, -0.25) is 14.9 Å². The third kappa shape index (κ3) is 3.07. The number of carbonyl (C=O) groups is 2. The zero-order chi connectivity index (χ0) is 19.2. The van der Waals surface area contributed by atoms with Crippen molar-refractivity contribution in [1.82, 2.24) is 10.6 Å². The van der Waals surface area contributed by atoms with Gasteiger partial charge in [0.2, 0.25) is 5.72 Å². The number of aliphatic hydroxyl groups is 1. The van der Waals surface area contributed by atoms with Gasteiger partial charge >= 0.3 is 12.2 Å². The van der Waals surface area contributed by atoms with Crippen molar-refractivity contribution in [3.05, 3.63) is 33.9 Å². The second kappa shape index (κ2) is 5.88. The number of phenols is 1. The Bertz CT molecular complexity index is 753. The predicted octanol–water partition coefficient (Wildman–Crippen LogP) is 1.11. The number of Topliss-reactive ketones (excluding diaryl/α,β-unsaturated/α-hetero) is 1. The minimum Gasteiger partial charge on any atom is -0.508 e. The number of halogens is 3. The van der Waals surface area contributed by atoms with Gasteiger partial charge in [-0.05, 0) is 13.0 Å². The average Bonchev–Trinajstić information content (AvgIpc) is 2.44. The zero-order valence-electron chi connectivity index (χ0n) is 12.5. The van der Waals surface area contributed by atoms with Crippen LogP contribution in [-0.4, -0.2) is 38.9 Å². The minimum absolute atomic E-state index is 0.507. The number of urea groups is 1. The van der Waals surface area contributed by atoms with Crippen molar-refractivity contribution in [3.63, 3.8) is 0 Å². The summed E-state index contributed by atoms with van der Waals surface area (Å²) in [6.07, 6.45) is -5.42. The monoisotopic (exact) mass is 363 g/mol. The van der Waals surface area contributed by atoms with Gasteiger partial charge in [-0.15, -0.1) is 0 Å². The Morgan fingerprint density at radius 3 is 2.48 bits per heavy atom. The number of hydrogen-bond donors (Lipinski definition) is 4. The standard InChI is InChI=1S/C13H12F3N3O6/c1-5(20)9-10(7-4-6(19(24)25)2-3-8(7)21)17-11(22)18-12(9,23)13(14,15)16/h2-4,9-10,21,23H,1H3,(H2,17,18,22)/t9-,10-,12-/m1/s1. The molecule has 25 heavy (non-hydrogen) atoms. The summed E-state index contributed by atoms with van der Waals surface area (Å²) in [6.45, 7) is 0.752. The van der Waals surface area contributed by atoms with Gasteiger partial charge < -0.3 is 20.8 Å². The molecule has 1 aromatic carbocycles. The van der Waals surface area contributed by atoms with Gasteiger partial charge in [0.25, 0.3) is 5.69 Å². The van der Waals surface area contributed by atoms with Crippen LogP contribution in [0.25, 0.3) is 0 Å². The van der Waals surface area contributed by atoms with E-state index in [1.165, 1.54) is 5.32 Å². The van der Waals surface area contributed by atoms with Crippen molar-refractivity contribution in [2.45, 2.75) is 24.9 Å². The van der Waals surface area contributed by atoms with Gasteiger partial charge in [-0.1, -0.05) is 0 Å². The average molecular weight is 363 g/mol. The van der Waals surface area contributed by atoms with E-state index in [4.69, 9.17) is 0 Å². The molecule has 0 aromatic heterocycles. The van der Waals surface area contributed by atoms with Crippen LogP contribution in [0.3, 0.4) is 0 Å². The van der Waals surface area contributed by atoms with Crippen molar-refractivity contribution in [2.24, 2.45) is 5.92 Å². The maximum absolute atomic E-state index is 13.3. The second-order valence-electron chi connectivity index (χ2n) is 5.43. The van der Waals surface area contributed by atoms with Crippen molar-refractivity contribution in [1.29, 1.82) is 0 Å². The molecular weight excluding hydrogens is 351 g/mol. The maximum atomic E-state index is 13.3. The molecule has 0 bridgehead atoms. The van der Waals surface area contributed by atoms with Gasteiger partial charge in [0.15, 0.2) is 0 Å². The van der Waals surface area contributed by atoms with Crippen LogP contribution in [0.4, 0.5) is 23.7 Å². The van der Waals surface area contributed by atoms with Crippen LogP contribution in [-0.2, 0) is 4.79 Å². The number of nitro benzene ring substituents is 1. The Morgan fingerprint density at radius 2 is 2.00 bits per heavy atom. The SMILES string of the molecule is CC(=O)[C@@H]1[C@@H](c2cc([N+](=O)[O-])ccc2O)NC(=O)N[C@]1(O)C(F)(F)F. The van der Waals surface area contributed by atoms with Crippen LogP contribution in [0.2, 0.25) is 0 Å². The van der Waals surface area contributed by atoms with Crippen LogP contribution in [0, 0.1) is 16.0 Å². The molecule has 1 aliphatic heterocycles. The molecule has 0 spiro atoms. The van der Waals surface area contributed by atoms with Crippen LogP contribution < -0.4 is 10.6 Å². The fourth-order valence-corrected chi connectivity index (χ4v) is 2.69. The van der Waals surface area contributed by atoms with Crippen molar-refractivity contribution in [3.8, 4) is 5.75 Å². The molecule has 1 fully saturated rings. The summed E-state index contributed by atoms with van der Waals surface area (Å²) in [6, 6.07) is -0.865. The van der Waals surface area contributed by atoms with Gasteiger partial charge in [0, 0.05) is 17.7 Å². The molecule has 0 unspecified atom stereocenters. The zero-order valence-corrected chi connectivity index (χ0v) is 12.5. The molecule has 2 rings (SSSR count). The Morgan fingerprint density at radius 1 is 1.40 bits per heavy atom. The number of amides is 2. The van der Waals surface area contributed by atoms with E-state index in [2.05, 4.69) is 0 Å². The van der Waals surface area contributed by atoms with Crippen LogP contribution >= 0.6 is 0 Å². The maximum Gasteiger partial charge on any atom is 0.437 e.